The lowest BCUT2D eigenvalue weighted by Crippen LogP contribution is -2.34. The molecule has 6 heteroatoms. The summed E-state index contributed by atoms with van der Waals surface area (Å²) in [4.78, 5) is 12.6. The summed E-state index contributed by atoms with van der Waals surface area (Å²) in [5.74, 6) is -0.483. The van der Waals surface area contributed by atoms with Gasteiger partial charge in [-0.25, -0.2) is 4.39 Å². The fraction of sp³-hybridized carbons (Fsp3) is 0.538. The van der Waals surface area contributed by atoms with Gasteiger partial charge >= 0.3 is 0 Å². The highest BCUT2D eigenvalue weighted by Crippen LogP contribution is 2.25. The number of hydrogen-bond acceptors (Lipinski definition) is 4. The molecule has 1 aromatic carbocycles. The third-order valence-electron chi connectivity index (χ3n) is 2.98. The summed E-state index contributed by atoms with van der Waals surface area (Å²) in [6.45, 7) is 8.61. The number of hydrogen-bond donors (Lipinski definition) is 1. The summed E-state index contributed by atoms with van der Waals surface area (Å²) in [6, 6.07) is 3.44. The Morgan fingerprint density at radius 3 is 2.58 bits per heavy atom. The van der Waals surface area contributed by atoms with Gasteiger partial charge in [0.25, 0.3) is 5.69 Å². The summed E-state index contributed by atoms with van der Waals surface area (Å²) in [5.41, 5.74) is 0.123. The molecule has 0 aromatic heterocycles. The Kier molecular flexibility index (Phi) is 5.69. The number of nitrogens with one attached hydrogen (secondary N) is 1. The summed E-state index contributed by atoms with van der Waals surface area (Å²) < 4.78 is 13.2. The van der Waals surface area contributed by atoms with E-state index in [9.17, 15) is 14.5 Å². The zero-order chi connectivity index (χ0) is 14.4. The maximum Gasteiger partial charge on any atom is 0.292 e. The van der Waals surface area contributed by atoms with E-state index in [1.807, 2.05) is 6.92 Å². The minimum atomic E-state index is -0.508. The molecule has 0 aliphatic carbocycles. The van der Waals surface area contributed by atoms with E-state index < -0.39 is 10.7 Å². The van der Waals surface area contributed by atoms with Crippen LogP contribution in [0.25, 0.3) is 0 Å². The maximum absolute atomic E-state index is 13.2. The second-order valence-electron chi connectivity index (χ2n) is 4.45. The lowest BCUT2D eigenvalue weighted by molar-refractivity contribution is -0.384. The first-order valence-electron chi connectivity index (χ1n) is 6.40. The number of halogens is 1. The van der Waals surface area contributed by atoms with Crippen molar-refractivity contribution >= 4 is 11.4 Å². The van der Waals surface area contributed by atoms with Crippen LogP contribution in [-0.2, 0) is 0 Å². The van der Waals surface area contributed by atoms with Crippen molar-refractivity contribution in [3.63, 3.8) is 0 Å². The van der Waals surface area contributed by atoms with Gasteiger partial charge in [0.15, 0.2) is 0 Å². The van der Waals surface area contributed by atoms with Crippen molar-refractivity contribution < 1.29 is 9.31 Å². The zero-order valence-corrected chi connectivity index (χ0v) is 11.5. The van der Waals surface area contributed by atoms with Crippen molar-refractivity contribution in [2.75, 3.05) is 25.0 Å². The predicted octanol–water partition coefficient (Wildman–Crippen LogP) is 2.88. The van der Waals surface area contributed by atoms with Gasteiger partial charge in [0.1, 0.15) is 11.5 Å². The second kappa shape index (κ2) is 7.04. The molecule has 0 aliphatic rings. The molecule has 1 atom stereocenters. The van der Waals surface area contributed by atoms with Crippen LogP contribution in [0.4, 0.5) is 15.8 Å². The van der Waals surface area contributed by atoms with Gasteiger partial charge in [-0.1, -0.05) is 13.8 Å². The lowest BCUT2D eigenvalue weighted by atomic mass is 10.2. The minimum Gasteiger partial charge on any atom is -0.376 e. The van der Waals surface area contributed by atoms with Crippen LogP contribution in [0.3, 0.4) is 0 Å². The molecule has 1 unspecified atom stereocenters. The first kappa shape index (κ1) is 15.4. The summed E-state index contributed by atoms with van der Waals surface area (Å²) in [5, 5.41) is 13.9. The first-order chi connectivity index (χ1) is 8.97. The number of rotatable bonds is 7. The van der Waals surface area contributed by atoms with Gasteiger partial charge in [-0.15, -0.1) is 0 Å². The molecule has 0 heterocycles. The largest absolute Gasteiger partial charge is 0.376 e. The van der Waals surface area contributed by atoms with Crippen molar-refractivity contribution in [2.24, 2.45) is 0 Å². The lowest BCUT2D eigenvalue weighted by Gasteiger charge is -2.24. The molecule has 1 aromatic rings. The standard InChI is InChI=1S/C13H20FN3O2/c1-4-16(5-2)9-10(3)15-12-8-11(14)6-7-13(12)17(18)19/h6-8,10,15H,4-5,9H2,1-3H3. The van der Waals surface area contributed by atoms with Crippen LogP contribution in [0, 0.1) is 15.9 Å². The fourth-order valence-electron chi connectivity index (χ4n) is 1.96. The number of nitro benzene ring substituents is 1. The van der Waals surface area contributed by atoms with E-state index in [1.165, 1.54) is 6.07 Å². The zero-order valence-electron chi connectivity index (χ0n) is 11.5. The van der Waals surface area contributed by atoms with Gasteiger partial charge in [-0.2, -0.15) is 0 Å². The summed E-state index contributed by atoms with van der Waals surface area (Å²) in [6.07, 6.45) is 0. The van der Waals surface area contributed by atoms with E-state index in [4.69, 9.17) is 0 Å². The minimum absolute atomic E-state index is 0.000370. The topological polar surface area (TPSA) is 58.4 Å². The van der Waals surface area contributed by atoms with Crippen molar-refractivity contribution in [3.8, 4) is 0 Å². The molecule has 1 N–H and O–H groups in total. The average molecular weight is 269 g/mol. The summed E-state index contributed by atoms with van der Waals surface area (Å²) >= 11 is 0. The van der Waals surface area contributed by atoms with E-state index >= 15 is 0 Å². The maximum atomic E-state index is 13.2. The Balaban J connectivity index is 2.80. The third-order valence-corrected chi connectivity index (χ3v) is 2.98. The molecule has 0 saturated carbocycles. The van der Waals surface area contributed by atoms with Crippen LogP contribution in [-0.4, -0.2) is 35.5 Å². The number of benzene rings is 1. The first-order valence-corrected chi connectivity index (χ1v) is 6.40. The van der Waals surface area contributed by atoms with Crippen LogP contribution in [0.15, 0.2) is 18.2 Å². The third kappa shape index (κ3) is 4.48. The SMILES string of the molecule is CCN(CC)CC(C)Nc1cc(F)ccc1[N+](=O)[O-]. The molecule has 0 fully saturated rings. The predicted molar refractivity (Wildman–Crippen MR) is 73.9 cm³/mol. The molecular weight excluding hydrogens is 249 g/mol. The Morgan fingerprint density at radius 2 is 2.05 bits per heavy atom. The molecule has 19 heavy (non-hydrogen) atoms. The van der Waals surface area contributed by atoms with Gasteiger partial charge < -0.3 is 10.2 Å². The van der Waals surface area contributed by atoms with E-state index in [0.29, 0.717) is 0 Å². The number of nitro groups is 1. The van der Waals surface area contributed by atoms with Crippen LogP contribution in [0.2, 0.25) is 0 Å². The Hall–Kier alpha value is -1.69. The fourth-order valence-corrected chi connectivity index (χ4v) is 1.96. The average Bonchev–Trinajstić information content (AvgIpc) is 2.35. The van der Waals surface area contributed by atoms with Crippen LogP contribution in [0.1, 0.15) is 20.8 Å². The number of anilines is 1. The Labute approximate surface area is 112 Å². The highest BCUT2D eigenvalue weighted by molar-refractivity contribution is 5.61. The van der Waals surface area contributed by atoms with Gasteiger partial charge in [0.2, 0.25) is 0 Å². The summed E-state index contributed by atoms with van der Waals surface area (Å²) in [7, 11) is 0. The Bertz CT molecular complexity index is 436. The van der Waals surface area contributed by atoms with Gasteiger partial charge in [0.05, 0.1) is 4.92 Å². The van der Waals surface area contributed by atoms with E-state index in [1.54, 1.807) is 0 Å². The smallest absolute Gasteiger partial charge is 0.292 e. The number of likely N-dealkylation sites (N-methyl/N-ethyl adjacent to an activating group) is 1. The quantitative estimate of drug-likeness (QED) is 0.611. The normalized spacial score (nSPS) is 12.5. The second-order valence-corrected chi connectivity index (χ2v) is 4.45. The van der Waals surface area contributed by atoms with Crippen molar-refractivity contribution in [3.05, 3.63) is 34.1 Å². The van der Waals surface area contributed by atoms with E-state index in [2.05, 4.69) is 24.1 Å². The van der Waals surface area contributed by atoms with Crippen LogP contribution in [0.5, 0.6) is 0 Å². The molecule has 0 radical (unpaired) electrons. The monoisotopic (exact) mass is 269 g/mol. The molecule has 0 saturated heterocycles. The van der Waals surface area contributed by atoms with Crippen molar-refractivity contribution in [2.45, 2.75) is 26.8 Å². The van der Waals surface area contributed by atoms with E-state index in [-0.39, 0.29) is 17.4 Å². The molecule has 0 bridgehead atoms. The molecule has 0 spiro atoms. The molecule has 1 rings (SSSR count). The van der Waals surface area contributed by atoms with Crippen LogP contribution >= 0.6 is 0 Å². The highest BCUT2D eigenvalue weighted by Gasteiger charge is 2.16. The van der Waals surface area contributed by atoms with Gasteiger partial charge in [0, 0.05) is 24.7 Å². The Morgan fingerprint density at radius 1 is 1.42 bits per heavy atom. The van der Waals surface area contributed by atoms with Gasteiger partial charge in [-0.3, -0.25) is 10.1 Å². The van der Waals surface area contributed by atoms with E-state index in [0.717, 1.165) is 31.8 Å². The van der Waals surface area contributed by atoms with Crippen molar-refractivity contribution in [1.82, 2.24) is 4.90 Å². The molecule has 0 aliphatic heterocycles. The number of nitrogens with zero attached hydrogens (tertiary/aromatic N) is 2. The van der Waals surface area contributed by atoms with Gasteiger partial charge in [-0.05, 0) is 26.1 Å². The molecule has 106 valence electrons. The molecular formula is C13H20FN3O2. The van der Waals surface area contributed by atoms with Crippen molar-refractivity contribution in [1.29, 1.82) is 0 Å². The molecule has 5 nitrogen and oxygen atoms in total. The molecule has 0 amide bonds. The van der Waals surface area contributed by atoms with Crippen LogP contribution < -0.4 is 5.32 Å². The highest BCUT2D eigenvalue weighted by atomic mass is 19.1.